The minimum Gasteiger partial charge on any atom is -0.491 e. The summed E-state index contributed by atoms with van der Waals surface area (Å²) in [5.41, 5.74) is 0.457. The maximum absolute atomic E-state index is 12.5. The van der Waals surface area contributed by atoms with E-state index in [1.54, 1.807) is 12.1 Å². The van der Waals surface area contributed by atoms with Gasteiger partial charge in [0.15, 0.2) is 0 Å². The minimum atomic E-state index is -1.04. The first-order valence-corrected chi connectivity index (χ1v) is 8.15. The topological polar surface area (TPSA) is 97.2 Å². The van der Waals surface area contributed by atoms with Crippen molar-refractivity contribution >= 4 is 0 Å². The first kappa shape index (κ1) is 17.0. The van der Waals surface area contributed by atoms with Gasteiger partial charge in [0.25, 0.3) is 5.56 Å². The van der Waals surface area contributed by atoms with E-state index in [4.69, 9.17) is 4.74 Å². The summed E-state index contributed by atoms with van der Waals surface area (Å²) >= 11 is 0. The number of aliphatic hydroxyl groups is 1. The van der Waals surface area contributed by atoms with Crippen LogP contribution in [0.4, 0.5) is 0 Å². The SMILES string of the molecule is Cc1ccc(OCC(O)Cn2c(=O)c(C#N)c3n(c2=O)CCC3)cc1. The van der Waals surface area contributed by atoms with Gasteiger partial charge in [0.1, 0.15) is 30.1 Å². The standard InChI is InChI=1S/C18H19N3O4/c1-12-4-6-14(7-5-12)25-11-13(22)10-21-17(23)15(9-19)16-3-2-8-20(16)18(21)24/h4-7,13,22H,2-3,8,10-11H2,1H3. The summed E-state index contributed by atoms with van der Waals surface area (Å²) < 4.78 is 7.86. The zero-order valence-electron chi connectivity index (χ0n) is 13.9. The van der Waals surface area contributed by atoms with Gasteiger partial charge in [-0.2, -0.15) is 5.26 Å². The number of hydrogen-bond acceptors (Lipinski definition) is 5. The van der Waals surface area contributed by atoms with E-state index in [1.807, 2.05) is 25.1 Å². The van der Waals surface area contributed by atoms with Crippen LogP contribution in [-0.2, 0) is 19.5 Å². The number of aliphatic hydroxyl groups excluding tert-OH is 1. The summed E-state index contributed by atoms with van der Waals surface area (Å²) in [6, 6.07) is 9.24. The van der Waals surface area contributed by atoms with E-state index < -0.39 is 17.4 Å². The van der Waals surface area contributed by atoms with Crippen LogP contribution in [0.5, 0.6) is 5.75 Å². The highest BCUT2D eigenvalue weighted by molar-refractivity contribution is 5.33. The smallest absolute Gasteiger partial charge is 0.331 e. The highest BCUT2D eigenvalue weighted by Gasteiger charge is 2.23. The summed E-state index contributed by atoms with van der Waals surface area (Å²) in [5, 5.41) is 19.4. The van der Waals surface area contributed by atoms with E-state index in [2.05, 4.69) is 0 Å². The molecule has 1 N–H and O–H groups in total. The van der Waals surface area contributed by atoms with Crippen molar-refractivity contribution < 1.29 is 9.84 Å². The summed E-state index contributed by atoms with van der Waals surface area (Å²) in [6.45, 7) is 2.18. The van der Waals surface area contributed by atoms with E-state index in [1.165, 1.54) is 4.57 Å². The lowest BCUT2D eigenvalue weighted by molar-refractivity contribution is 0.0899. The Hall–Kier alpha value is -2.85. The lowest BCUT2D eigenvalue weighted by atomic mass is 10.2. The molecule has 0 amide bonds. The van der Waals surface area contributed by atoms with Gasteiger partial charge >= 0.3 is 5.69 Å². The third-order valence-corrected chi connectivity index (χ3v) is 4.30. The second-order valence-electron chi connectivity index (χ2n) is 6.16. The Bertz CT molecular complexity index is 935. The van der Waals surface area contributed by atoms with Gasteiger partial charge in [-0.05, 0) is 31.9 Å². The second-order valence-corrected chi connectivity index (χ2v) is 6.16. The number of ether oxygens (including phenoxy) is 1. The van der Waals surface area contributed by atoms with Gasteiger partial charge in [-0.25, -0.2) is 4.79 Å². The quantitative estimate of drug-likeness (QED) is 0.858. The Morgan fingerprint density at radius 2 is 2.04 bits per heavy atom. The van der Waals surface area contributed by atoms with Crippen molar-refractivity contribution in [3.8, 4) is 11.8 Å². The van der Waals surface area contributed by atoms with Gasteiger partial charge in [0.05, 0.1) is 6.54 Å². The Balaban J connectivity index is 1.79. The molecule has 7 heteroatoms. The molecule has 2 aromatic rings. The molecule has 1 aliphatic heterocycles. The molecule has 1 atom stereocenters. The molecule has 0 spiro atoms. The molecule has 0 saturated heterocycles. The van der Waals surface area contributed by atoms with Crippen LogP contribution in [0.25, 0.3) is 0 Å². The lowest BCUT2D eigenvalue weighted by Gasteiger charge is -2.15. The van der Waals surface area contributed by atoms with Crippen LogP contribution in [0.1, 0.15) is 23.2 Å². The average Bonchev–Trinajstić information content (AvgIpc) is 3.08. The van der Waals surface area contributed by atoms with Crippen LogP contribution >= 0.6 is 0 Å². The molecule has 130 valence electrons. The minimum absolute atomic E-state index is 0.0104. The number of hydrogen-bond donors (Lipinski definition) is 1. The predicted molar refractivity (Wildman–Crippen MR) is 90.7 cm³/mol. The average molecular weight is 341 g/mol. The van der Waals surface area contributed by atoms with Crippen LogP contribution in [0.2, 0.25) is 0 Å². The van der Waals surface area contributed by atoms with Crippen LogP contribution < -0.4 is 16.0 Å². The Morgan fingerprint density at radius 3 is 2.72 bits per heavy atom. The zero-order chi connectivity index (χ0) is 18.0. The van der Waals surface area contributed by atoms with E-state index in [9.17, 15) is 20.0 Å². The number of nitriles is 1. The van der Waals surface area contributed by atoms with Crippen molar-refractivity contribution in [1.29, 1.82) is 5.26 Å². The fraction of sp³-hybridized carbons (Fsp3) is 0.389. The molecule has 0 saturated carbocycles. The highest BCUT2D eigenvalue weighted by atomic mass is 16.5. The zero-order valence-corrected chi connectivity index (χ0v) is 13.9. The van der Waals surface area contributed by atoms with Crippen LogP contribution in [0.3, 0.4) is 0 Å². The molecule has 3 rings (SSSR count). The molecule has 1 unspecified atom stereocenters. The molecule has 0 fully saturated rings. The van der Waals surface area contributed by atoms with Gasteiger partial charge in [0.2, 0.25) is 0 Å². The summed E-state index contributed by atoms with van der Waals surface area (Å²) in [5.74, 6) is 0.598. The number of rotatable bonds is 5. The third kappa shape index (κ3) is 3.35. The van der Waals surface area contributed by atoms with Crippen molar-refractivity contribution in [3.05, 3.63) is 61.9 Å². The van der Waals surface area contributed by atoms with Gasteiger partial charge < -0.3 is 9.84 Å². The third-order valence-electron chi connectivity index (χ3n) is 4.30. The molecule has 25 heavy (non-hydrogen) atoms. The summed E-state index contributed by atoms with van der Waals surface area (Å²) in [4.78, 5) is 24.9. The molecular formula is C18H19N3O4. The van der Waals surface area contributed by atoms with Crippen molar-refractivity contribution in [2.45, 2.75) is 39.0 Å². The summed E-state index contributed by atoms with van der Waals surface area (Å²) in [7, 11) is 0. The van der Waals surface area contributed by atoms with Gasteiger partial charge in [-0.15, -0.1) is 0 Å². The molecular weight excluding hydrogens is 322 g/mol. The van der Waals surface area contributed by atoms with E-state index in [-0.39, 0.29) is 18.7 Å². The Morgan fingerprint density at radius 1 is 1.32 bits per heavy atom. The number of aryl methyl sites for hydroxylation is 1. The summed E-state index contributed by atoms with van der Waals surface area (Å²) in [6.07, 6.45) is 0.234. The maximum Gasteiger partial charge on any atom is 0.331 e. The van der Waals surface area contributed by atoms with Gasteiger partial charge in [-0.1, -0.05) is 17.7 Å². The molecule has 2 heterocycles. The Labute approximate surface area is 144 Å². The van der Waals surface area contributed by atoms with Crippen LogP contribution in [0, 0.1) is 18.3 Å². The van der Waals surface area contributed by atoms with Crippen molar-refractivity contribution in [2.75, 3.05) is 6.61 Å². The number of nitrogens with zero attached hydrogens (tertiary/aromatic N) is 3. The van der Waals surface area contributed by atoms with Crippen molar-refractivity contribution in [2.24, 2.45) is 0 Å². The molecule has 0 bridgehead atoms. The highest BCUT2D eigenvalue weighted by Crippen LogP contribution is 2.14. The first-order chi connectivity index (χ1) is 12.0. The van der Waals surface area contributed by atoms with E-state index >= 15 is 0 Å². The number of aromatic nitrogens is 2. The maximum atomic E-state index is 12.5. The van der Waals surface area contributed by atoms with E-state index in [0.717, 1.165) is 16.6 Å². The molecule has 0 aliphatic carbocycles. The van der Waals surface area contributed by atoms with Gasteiger partial charge in [-0.3, -0.25) is 13.9 Å². The van der Waals surface area contributed by atoms with Crippen LogP contribution in [-0.4, -0.2) is 27.0 Å². The molecule has 0 radical (unpaired) electrons. The van der Waals surface area contributed by atoms with E-state index in [0.29, 0.717) is 24.4 Å². The molecule has 1 aliphatic rings. The Kier molecular flexibility index (Phi) is 4.72. The monoisotopic (exact) mass is 341 g/mol. The second kappa shape index (κ2) is 6.95. The first-order valence-electron chi connectivity index (χ1n) is 8.15. The number of benzene rings is 1. The fourth-order valence-electron chi connectivity index (χ4n) is 3.00. The van der Waals surface area contributed by atoms with Crippen molar-refractivity contribution in [1.82, 2.24) is 9.13 Å². The number of fused-ring (bicyclic) bond motifs is 1. The van der Waals surface area contributed by atoms with Gasteiger partial charge in [0, 0.05) is 12.2 Å². The fourth-order valence-corrected chi connectivity index (χ4v) is 3.00. The molecule has 1 aromatic heterocycles. The predicted octanol–water partition coefficient (Wildman–Crippen LogP) is 0.576. The largest absolute Gasteiger partial charge is 0.491 e. The van der Waals surface area contributed by atoms with Crippen molar-refractivity contribution in [3.63, 3.8) is 0 Å². The molecule has 1 aromatic carbocycles. The normalized spacial score (nSPS) is 14.0. The van der Waals surface area contributed by atoms with Crippen LogP contribution in [0.15, 0.2) is 33.9 Å². The molecule has 7 nitrogen and oxygen atoms in total. The lowest BCUT2D eigenvalue weighted by Crippen LogP contribution is -2.44.